The summed E-state index contributed by atoms with van der Waals surface area (Å²) in [6, 6.07) is 0. The Morgan fingerprint density at radius 3 is 3.09 bits per heavy atom. The molecule has 0 saturated heterocycles. The van der Waals surface area contributed by atoms with Gasteiger partial charge >= 0.3 is 5.97 Å². The van der Waals surface area contributed by atoms with E-state index in [2.05, 4.69) is 10.5 Å². The molecule has 59 valence electrons. The third-order valence-electron chi connectivity index (χ3n) is 1.32. The van der Waals surface area contributed by atoms with E-state index in [1.807, 2.05) is 6.92 Å². The molecule has 0 aliphatic rings. The molecule has 1 heterocycles. The molecule has 1 N–H and O–H groups in total. The third kappa shape index (κ3) is 2.01. The van der Waals surface area contributed by atoms with E-state index in [1.165, 1.54) is 11.3 Å². The second kappa shape index (κ2) is 3.48. The van der Waals surface area contributed by atoms with Gasteiger partial charge in [-0.1, -0.05) is 6.92 Å². The van der Waals surface area contributed by atoms with Crippen molar-refractivity contribution in [2.24, 2.45) is 0 Å². The quantitative estimate of drug-likeness (QED) is 0.739. The molecule has 4 heteroatoms. The standard InChI is InChI=1S/C7H8NO2S/c1-2-5-6(3-7(9)10)11-4-8-5/h2-3H2,1H3,(H,9,10). The zero-order valence-corrected chi connectivity index (χ0v) is 6.94. The van der Waals surface area contributed by atoms with E-state index in [0.717, 1.165) is 17.0 Å². The molecule has 1 radical (unpaired) electrons. The molecule has 0 aliphatic heterocycles. The Labute approximate surface area is 68.7 Å². The van der Waals surface area contributed by atoms with E-state index in [4.69, 9.17) is 5.11 Å². The fourth-order valence-corrected chi connectivity index (χ4v) is 1.58. The summed E-state index contributed by atoms with van der Waals surface area (Å²) in [6.45, 7) is 1.95. The molecule has 1 aromatic rings. The van der Waals surface area contributed by atoms with Gasteiger partial charge in [0.05, 0.1) is 12.1 Å². The number of aromatic nitrogens is 1. The maximum absolute atomic E-state index is 10.3. The minimum absolute atomic E-state index is 0.0737. The van der Waals surface area contributed by atoms with E-state index in [9.17, 15) is 4.79 Å². The highest BCUT2D eigenvalue weighted by Gasteiger charge is 2.07. The summed E-state index contributed by atoms with van der Waals surface area (Å²) in [4.78, 5) is 15.0. The van der Waals surface area contributed by atoms with Crippen LogP contribution in [0.2, 0.25) is 0 Å². The summed E-state index contributed by atoms with van der Waals surface area (Å²) in [5.41, 5.74) is 3.54. The molecule has 0 unspecified atom stereocenters. The predicted molar refractivity (Wildman–Crippen MR) is 41.7 cm³/mol. The molecule has 0 amide bonds. The summed E-state index contributed by atoms with van der Waals surface area (Å²) in [5.74, 6) is -0.808. The molecule has 1 rings (SSSR count). The molecular formula is C7H8NO2S. The molecule has 11 heavy (non-hydrogen) atoms. The van der Waals surface area contributed by atoms with E-state index in [0.29, 0.717) is 0 Å². The number of carboxylic acid groups (broad SMARTS) is 1. The highest BCUT2D eigenvalue weighted by Crippen LogP contribution is 2.13. The number of rotatable bonds is 3. The average molecular weight is 170 g/mol. The lowest BCUT2D eigenvalue weighted by Gasteiger charge is -1.93. The zero-order valence-electron chi connectivity index (χ0n) is 6.13. The first-order chi connectivity index (χ1) is 5.24. The van der Waals surface area contributed by atoms with Gasteiger partial charge in [-0.2, -0.15) is 0 Å². The normalized spacial score (nSPS) is 9.91. The summed E-state index contributed by atoms with van der Waals surface area (Å²) in [5, 5.41) is 8.47. The van der Waals surface area contributed by atoms with Gasteiger partial charge in [0.25, 0.3) is 0 Å². The van der Waals surface area contributed by atoms with Crippen LogP contribution >= 0.6 is 11.3 Å². The van der Waals surface area contributed by atoms with Gasteiger partial charge in [-0.25, -0.2) is 4.98 Å². The molecule has 1 aromatic heterocycles. The van der Waals surface area contributed by atoms with Crippen LogP contribution < -0.4 is 0 Å². The number of carboxylic acids is 1. The van der Waals surface area contributed by atoms with E-state index in [1.54, 1.807) is 0 Å². The van der Waals surface area contributed by atoms with Crippen molar-refractivity contribution in [3.05, 3.63) is 16.1 Å². The number of hydrogen-bond acceptors (Lipinski definition) is 3. The van der Waals surface area contributed by atoms with Crippen molar-refractivity contribution in [2.75, 3.05) is 0 Å². The lowest BCUT2D eigenvalue weighted by Crippen LogP contribution is -2.00. The molecule has 3 nitrogen and oxygen atoms in total. The Bertz CT molecular complexity index is 257. The molecule has 0 fully saturated rings. The predicted octanol–water partition coefficient (Wildman–Crippen LogP) is 1.13. The van der Waals surface area contributed by atoms with Gasteiger partial charge in [0.1, 0.15) is 0 Å². The second-order valence-electron chi connectivity index (χ2n) is 2.10. The first-order valence-electron chi connectivity index (χ1n) is 3.30. The Balaban J connectivity index is 2.76. The number of aryl methyl sites for hydroxylation is 1. The average Bonchev–Trinajstić information content (AvgIpc) is 2.34. The fourth-order valence-electron chi connectivity index (χ4n) is 0.806. The molecule has 0 saturated carbocycles. The van der Waals surface area contributed by atoms with Crippen molar-refractivity contribution in [1.29, 1.82) is 0 Å². The largest absolute Gasteiger partial charge is 0.481 e. The summed E-state index contributed by atoms with van der Waals surface area (Å²) in [7, 11) is 0. The van der Waals surface area contributed by atoms with Crippen LogP contribution in [-0.2, 0) is 17.6 Å². The number of carbonyl (C=O) groups is 1. The van der Waals surface area contributed by atoms with Crippen LogP contribution in [0.25, 0.3) is 0 Å². The minimum atomic E-state index is -0.808. The van der Waals surface area contributed by atoms with Crippen molar-refractivity contribution in [3.8, 4) is 0 Å². The smallest absolute Gasteiger partial charge is 0.308 e. The highest BCUT2D eigenvalue weighted by atomic mass is 32.1. The number of hydrogen-bond donors (Lipinski definition) is 1. The van der Waals surface area contributed by atoms with E-state index < -0.39 is 5.97 Å². The maximum Gasteiger partial charge on any atom is 0.308 e. The van der Waals surface area contributed by atoms with Crippen LogP contribution in [0.5, 0.6) is 0 Å². The van der Waals surface area contributed by atoms with Gasteiger partial charge < -0.3 is 5.11 Å². The van der Waals surface area contributed by atoms with Crippen LogP contribution in [0.15, 0.2) is 0 Å². The summed E-state index contributed by atoms with van der Waals surface area (Å²) < 4.78 is 0. The van der Waals surface area contributed by atoms with Crippen molar-refractivity contribution in [2.45, 2.75) is 19.8 Å². The fraction of sp³-hybridized carbons (Fsp3) is 0.429. The summed E-state index contributed by atoms with van der Waals surface area (Å²) >= 11 is 1.29. The number of nitrogens with zero attached hydrogens (tertiary/aromatic N) is 1. The SMILES string of the molecule is CCc1n[c]sc1CC(=O)O. The molecule has 0 aliphatic carbocycles. The highest BCUT2D eigenvalue weighted by molar-refractivity contribution is 7.09. The third-order valence-corrected chi connectivity index (χ3v) is 2.13. The molecule has 0 aromatic carbocycles. The van der Waals surface area contributed by atoms with Crippen LogP contribution in [-0.4, -0.2) is 16.1 Å². The minimum Gasteiger partial charge on any atom is -0.481 e. The Hall–Kier alpha value is -0.900. The van der Waals surface area contributed by atoms with Crippen LogP contribution in [0.1, 0.15) is 17.5 Å². The number of aliphatic carboxylic acids is 1. The lowest BCUT2D eigenvalue weighted by molar-refractivity contribution is -0.136. The lowest BCUT2D eigenvalue weighted by atomic mass is 10.2. The summed E-state index contributed by atoms with van der Waals surface area (Å²) in [6.07, 6.45) is 0.854. The van der Waals surface area contributed by atoms with E-state index >= 15 is 0 Å². The molecule has 0 atom stereocenters. The van der Waals surface area contributed by atoms with Gasteiger partial charge in [-0.3, -0.25) is 4.79 Å². The monoisotopic (exact) mass is 170 g/mol. The van der Waals surface area contributed by atoms with Gasteiger partial charge in [-0.05, 0) is 6.42 Å². The first-order valence-corrected chi connectivity index (χ1v) is 4.12. The van der Waals surface area contributed by atoms with Crippen LogP contribution in [0.3, 0.4) is 0 Å². The Kier molecular flexibility index (Phi) is 2.59. The van der Waals surface area contributed by atoms with Crippen molar-refractivity contribution < 1.29 is 9.90 Å². The van der Waals surface area contributed by atoms with Gasteiger partial charge in [0.2, 0.25) is 0 Å². The number of thiazole rings is 1. The topological polar surface area (TPSA) is 50.2 Å². The van der Waals surface area contributed by atoms with E-state index in [-0.39, 0.29) is 6.42 Å². The zero-order chi connectivity index (χ0) is 8.27. The molecule has 0 spiro atoms. The maximum atomic E-state index is 10.3. The Morgan fingerprint density at radius 2 is 2.55 bits per heavy atom. The van der Waals surface area contributed by atoms with Gasteiger partial charge in [0.15, 0.2) is 5.51 Å². The second-order valence-corrected chi connectivity index (χ2v) is 2.98. The Morgan fingerprint density at radius 1 is 1.82 bits per heavy atom. The van der Waals surface area contributed by atoms with Gasteiger partial charge in [-0.15, -0.1) is 11.3 Å². The van der Waals surface area contributed by atoms with Crippen molar-refractivity contribution in [1.82, 2.24) is 4.98 Å². The first kappa shape index (κ1) is 8.20. The van der Waals surface area contributed by atoms with Gasteiger partial charge in [0, 0.05) is 4.88 Å². The van der Waals surface area contributed by atoms with Crippen molar-refractivity contribution in [3.63, 3.8) is 0 Å². The molecule has 0 bridgehead atoms. The van der Waals surface area contributed by atoms with Crippen LogP contribution in [0, 0.1) is 5.51 Å². The van der Waals surface area contributed by atoms with Crippen molar-refractivity contribution >= 4 is 17.3 Å². The molecular weight excluding hydrogens is 162 g/mol. The van der Waals surface area contributed by atoms with Crippen LogP contribution in [0.4, 0.5) is 0 Å².